The van der Waals surface area contributed by atoms with Crippen molar-refractivity contribution < 1.29 is 9.47 Å². The molecule has 22 heavy (non-hydrogen) atoms. The molecule has 0 N–H and O–H groups in total. The quantitative estimate of drug-likeness (QED) is 0.489. The molecule has 0 atom stereocenters. The maximum atomic E-state index is 5.72. The number of hydrogen-bond acceptors (Lipinski definition) is 4. The van der Waals surface area contributed by atoms with Gasteiger partial charge >= 0.3 is 0 Å². The van der Waals surface area contributed by atoms with Crippen LogP contribution in [0.4, 0.5) is 0 Å². The molecule has 0 unspecified atom stereocenters. The van der Waals surface area contributed by atoms with Crippen molar-refractivity contribution in [2.75, 3.05) is 19.5 Å². The maximum Gasteiger partial charge on any atom is 0.172 e. The molecule has 0 spiro atoms. The van der Waals surface area contributed by atoms with Crippen molar-refractivity contribution in [1.82, 2.24) is 9.38 Å². The Bertz CT molecular complexity index is 725. The molecule has 0 aliphatic rings. The van der Waals surface area contributed by atoms with Crippen molar-refractivity contribution in [3.8, 4) is 11.5 Å². The zero-order valence-electron chi connectivity index (χ0n) is 12.4. The topological polar surface area (TPSA) is 35.8 Å². The zero-order valence-corrected chi connectivity index (χ0v) is 13.3. The molecule has 0 saturated heterocycles. The number of ether oxygens (including phenoxy) is 2. The van der Waals surface area contributed by atoms with Crippen LogP contribution in [0.1, 0.15) is 6.42 Å². The summed E-state index contributed by atoms with van der Waals surface area (Å²) in [6, 6.07) is 13.8. The molecule has 4 nitrogen and oxygen atoms in total. The van der Waals surface area contributed by atoms with Gasteiger partial charge < -0.3 is 9.47 Å². The van der Waals surface area contributed by atoms with E-state index in [-0.39, 0.29) is 0 Å². The van der Waals surface area contributed by atoms with Crippen molar-refractivity contribution in [3.63, 3.8) is 0 Å². The van der Waals surface area contributed by atoms with Crippen LogP contribution in [0.15, 0.2) is 60.0 Å². The van der Waals surface area contributed by atoms with Crippen molar-refractivity contribution >= 4 is 17.3 Å². The fraction of sp³-hybridized carbons (Fsp3) is 0.235. The van der Waals surface area contributed by atoms with E-state index in [0.29, 0.717) is 6.61 Å². The van der Waals surface area contributed by atoms with Gasteiger partial charge in [0.2, 0.25) is 0 Å². The summed E-state index contributed by atoms with van der Waals surface area (Å²) >= 11 is 1.75. The van der Waals surface area contributed by atoms with Crippen LogP contribution < -0.4 is 9.47 Å². The lowest BCUT2D eigenvalue weighted by Gasteiger charge is -2.06. The van der Waals surface area contributed by atoms with Gasteiger partial charge in [-0.05, 0) is 42.8 Å². The van der Waals surface area contributed by atoms with E-state index in [2.05, 4.69) is 15.5 Å². The Balaban J connectivity index is 1.43. The van der Waals surface area contributed by atoms with E-state index in [1.54, 1.807) is 18.9 Å². The average molecular weight is 314 g/mol. The van der Waals surface area contributed by atoms with Crippen molar-refractivity contribution in [3.05, 3.63) is 54.9 Å². The van der Waals surface area contributed by atoms with Gasteiger partial charge in [0.05, 0.1) is 25.4 Å². The molecular formula is C17H18N2O2S. The summed E-state index contributed by atoms with van der Waals surface area (Å²) in [7, 11) is 1.66. The van der Waals surface area contributed by atoms with Crippen molar-refractivity contribution in [1.29, 1.82) is 0 Å². The molecule has 3 aromatic rings. The molecule has 2 heterocycles. The highest BCUT2D eigenvalue weighted by atomic mass is 32.2. The number of imidazole rings is 1. The van der Waals surface area contributed by atoms with Crippen molar-refractivity contribution in [2.24, 2.45) is 0 Å². The Morgan fingerprint density at radius 2 is 1.91 bits per heavy atom. The fourth-order valence-electron chi connectivity index (χ4n) is 2.11. The van der Waals surface area contributed by atoms with Crippen LogP contribution in [0.2, 0.25) is 0 Å². The van der Waals surface area contributed by atoms with Crippen LogP contribution in [0.5, 0.6) is 11.5 Å². The molecule has 3 rings (SSSR count). The Hall–Kier alpha value is -2.14. The Morgan fingerprint density at radius 3 is 2.73 bits per heavy atom. The average Bonchev–Trinajstić information content (AvgIpc) is 2.98. The number of benzene rings is 1. The predicted molar refractivity (Wildman–Crippen MR) is 89.0 cm³/mol. The number of methoxy groups -OCH3 is 1. The molecule has 0 amide bonds. The third-order valence-electron chi connectivity index (χ3n) is 3.25. The van der Waals surface area contributed by atoms with Crippen molar-refractivity contribution in [2.45, 2.75) is 11.6 Å². The molecule has 0 aliphatic carbocycles. The van der Waals surface area contributed by atoms with Crippen LogP contribution >= 0.6 is 11.8 Å². The van der Waals surface area contributed by atoms with E-state index < -0.39 is 0 Å². The third-order valence-corrected chi connectivity index (χ3v) is 4.31. The van der Waals surface area contributed by atoms with E-state index in [1.165, 1.54) is 0 Å². The number of thioether (sulfide) groups is 1. The molecule has 2 aromatic heterocycles. The van der Waals surface area contributed by atoms with Gasteiger partial charge in [0.1, 0.15) is 11.5 Å². The minimum absolute atomic E-state index is 0.697. The van der Waals surface area contributed by atoms with Crippen LogP contribution in [0, 0.1) is 0 Å². The van der Waals surface area contributed by atoms with Crippen LogP contribution in [-0.2, 0) is 0 Å². The summed E-state index contributed by atoms with van der Waals surface area (Å²) in [6.45, 7) is 0.697. The van der Waals surface area contributed by atoms with E-state index in [0.717, 1.165) is 34.3 Å². The zero-order chi connectivity index (χ0) is 15.2. The monoisotopic (exact) mass is 314 g/mol. The second-order valence-electron chi connectivity index (χ2n) is 4.76. The molecule has 0 bridgehead atoms. The first-order valence-corrected chi connectivity index (χ1v) is 8.17. The summed E-state index contributed by atoms with van der Waals surface area (Å²) in [5.74, 6) is 2.69. The number of aromatic nitrogens is 2. The lowest BCUT2D eigenvalue weighted by atomic mass is 10.3. The minimum atomic E-state index is 0.697. The standard InChI is InChI=1S/C17H18N2O2S/c1-20-15-6-8-16(9-7-15)21-11-4-12-22-17-18-13-14-5-2-3-10-19(14)17/h2-3,5-10,13H,4,11-12H2,1H3. The molecule has 5 heteroatoms. The highest BCUT2D eigenvalue weighted by Crippen LogP contribution is 2.20. The van der Waals surface area contributed by atoms with Gasteiger partial charge in [-0.15, -0.1) is 0 Å². The molecule has 114 valence electrons. The van der Waals surface area contributed by atoms with Crippen LogP contribution in [-0.4, -0.2) is 28.9 Å². The molecule has 0 saturated carbocycles. The molecule has 0 fully saturated rings. The van der Waals surface area contributed by atoms with Gasteiger partial charge in [-0.3, -0.25) is 4.40 Å². The minimum Gasteiger partial charge on any atom is -0.497 e. The van der Waals surface area contributed by atoms with E-state index in [9.17, 15) is 0 Å². The van der Waals surface area contributed by atoms with Gasteiger partial charge in [-0.25, -0.2) is 4.98 Å². The van der Waals surface area contributed by atoms with Crippen LogP contribution in [0.3, 0.4) is 0 Å². The van der Waals surface area contributed by atoms with E-state index in [1.807, 2.05) is 48.8 Å². The van der Waals surface area contributed by atoms with E-state index in [4.69, 9.17) is 9.47 Å². The second kappa shape index (κ2) is 7.22. The molecule has 1 aromatic carbocycles. The summed E-state index contributed by atoms with van der Waals surface area (Å²) in [5.41, 5.74) is 1.12. The largest absolute Gasteiger partial charge is 0.497 e. The summed E-state index contributed by atoms with van der Waals surface area (Å²) in [5, 5.41) is 1.03. The Labute approximate surface area is 134 Å². The number of fused-ring (bicyclic) bond motifs is 1. The smallest absolute Gasteiger partial charge is 0.172 e. The normalized spacial score (nSPS) is 10.8. The maximum absolute atomic E-state index is 5.72. The Kier molecular flexibility index (Phi) is 4.85. The third kappa shape index (κ3) is 3.54. The van der Waals surface area contributed by atoms with E-state index >= 15 is 0 Å². The Morgan fingerprint density at radius 1 is 1.09 bits per heavy atom. The molecule has 0 aliphatic heterocycles. The van der Waals surface area contributed by atoms with Gasteiger partial charge in [0.15, 0.2) is 5.16 Å². The van der Waals surface area contributed by atoms with Gasteiger partial charge in [-0.1, -0.05) is 17.8 Å². The summed E-state index contributed by atoms with van der Waals surface area (Å²) in [6.07, 6.45) is 4.91. The van der Waals surface area contributed by atoms with Gasteiger partial charge in [0, 0.05) is 11.9 Å². The summed E-state index contributed by atoms with van der Waals surface area (Å²) < 4.78 is 12.9. The number of nitrogens with zero attached hydrogens (tertiary/aromatic N) is 2. The summed E-state index contributed by atoms with van der Waals surface area (Å²) in [4.78, 5) is 4.44. The number of rotatable bonds is 7. The molecular weight excluding hydrogens is 296 g/mol. The number of hydrogen-bond donors (Lipinski definition) is 0. The first-order valence-electron chi connectivity index (χ1n) is 7.18. The first kappa shape index (κ1) is 14.8. The fourth-order valence-corrected chi connectivity index (χ4v) is 2.99. The second-order valence-corrected chi connectivity index (χ2v) is 5.82. The SMILES string of the molecule is COc1ccc(OCCCSc2ncc3ccccn23)cc1. The lowest BCUT2D eigenvalue weighted by molar-refractivity contribution is 0.318. The predicted octanol–water partition coefficient (Wildman–Crippen LogP) is 3.90. The first-order chi connectivity index (χ1) is 10.9. The molecule has 0 radical (unpaired) electrons. The number of pyridine rings is 1. The highest BCUT2D eigenvalue weighted by molar-refractivity contribution is 7.99. The van der Waals surface area contributed by atoms with Gasteiger partial charge in [-0.2, -0.15) is 0 Å². The van der Waals surface area contributed by atoms with Crippen LogP contribution in [0.25, 0.3) is 5.52 Å². The highest BCUT2D eigenvalue weighted by Gasteiger charge is 2.03. The van der Waals surface area contributed by atoms with Gasteiger partial charge in [0.25, 0.3) is 0 Å². The lowest BCUT2D eigenvalue weighted by Crippen LogP contribution is -1.99.